The molecule has 1 saturated heterocycles. The largest absolute Gasteiger partial charge is 0.378 e. The molecule has 172 valence electrons. The average molecular weight is 454 g/mol. The molecule has 7 heteroatoms. The highest BCUT2D eigenvalue weighted by molar-refractivity contribution is 5.99. The van der Waals surface area contributed by atoms with Crippen molar-refractivity contribution in [3.63, 3.8) is 0 Å². The summed E-state index contributed by atoms with van der Waals surface area (Å²) in [5.41, 5.74) is 5.09. The first-order valence-corrected chi connectivity index (χ1v) is 11.5. The molecule has 1 amide bonds. The summed E-state index contributed by atoms with van der Waals surface area (Å²) in [7, 11) is 0. The Morgan fingerprint density at radius 2 is 1.76 bits per heavy atom. The van der Waals surface area contributed by atoms with Gasteiger partial charge in [-0.2, -0.15) is 5.10 Å². The molecular formula is C27H27N5O2. The molecule has 1 fully saturated rings. The molecular weight excluding hydrogens is 426 g/mol. The lowest BCUT2D eigenvalue weighted by Gasteiger charge is -2.27. The fourth-order valence-corrected chi connectivity index (χ4v) is 3.96. The van der Waals surface area contributed by atoms with Gasteiger partial charge >= 0.3 is 0 Å². The second-order valence-electron chi connectivity index (χ2n) is 8.34. The second kappa shape index (κ2) is 9.89. The number of para-hydroxylation sites is 1. The number of nitrogens with one attached hydrogen (secondary N) is 1. The SMILES string of the molecule is Cc1ccc(-c2nn(-c3ccccc3)cc2C(=O)NCc2ccc(N3CCOCC3)nc2)cc1. The van der Waals surface area contributed by atoms with Gasteiger partial charge in [0.25, 0.3) is 5.91 Å². The third-order valence-electron chi connectivity index (χ3n) is 5.90. The number of morpholine rings is 1. The van der Waals surface area contributed by atoms with E-state index < -0.39 is 0 Å². The Morgan fingerprint density at radius 3 is 2.47 bits per heavy atom. The van der Waals surface area contributed by atoms with Crippen LogP contribution in [0.25, 0.3) is 16.9 Å². The number of hydrogen-bond donors (Lipinski definition) is 1. The highest BCUT2D eigenvalue weighted by Crippen LogP contribution is 2.24. The fraction of sp³-hybridized carbons (Fsp3) is 0.222. The number of aryl methyl sites for hydroxylation is 1. The zero-order valence-electron chi connectivity index (χ0n) is 19.1. The van der Waals surface area contributed by atoms with Crippen LogP contribution in [0.2, 0.25) is 0 Å². The molecule has 1 aliphatic heterocycles. The number of ether oxygens (including phenoxy) is 1. The first kappa shape index (κ1) is 21.9. The van der Waals surface area contributed by atoms with Crippen LogP contribution in [0.3, 0.4) is 0 Å². The lowest BCUT2D eigenvalue weighted by atomic mass is 10.1. The predicted molar refractivity (Wildman–Crippen MR) is 132 cm³/mol. The van der Waals surface area contributed by atoms with Gasteiger partial charge in [-0.15, -0.1) is 0 Å². The highest BCUT2D eigenvalue weighted by atomic mass is 16.5. The number of benzene rings is 2. The molecule has 0 spiro atoms. The fourth-order valence-electron chi connectivity index (χ4n) is 3.96. The standard InChI is InChI=1S/C27H27N5O2/c1-20-7-10-22(11-8-20)26-24(19-32(30-26)23-5-3-2-4-6-23)27(33)29-18-21-9-12-25(28-17-21)31-13-15-34-16-14-31/h2-12,17,19H,13-16,18H2,1H3,(H,29,33). The van der Waals surface area contributed by atoms with Crippen LogP contribution in [0.1, 0.15) is 21.5 Å². The minimum atomic E-state index is -0.171. The Hall–Kier alpha value is -3.97. The van der Waals surface area contributed by atoms with Gasteiger partial charge in [0.1, 0.15) is 11.5 Å². The second-order valence-corrected chi connectivity index (χ2v) is 8.34. The molecule has 0 bridgehead atoms. The van der Waals surface area contributed by atoms with Crippen molar-refractivity contribution in [2.45, 2.75) is 13.5 Å². The molecule has 0 atom stereocenters. The number of anilines is 1. The summed E-state index contributed by atoms with van der Waals surface area (Å²) < 4.78 is 7.16. The maximum atomic E-state index is 13.2. The monoisotopic (exact) mass is 453 g/mol. The molecule has 1 aliphatic rings. The van der Waals surface area contributed by atoms with E-state index in [0.29, 0.717) is 17.8 Å². The number of nitrogens with zero attached hydrogens (tertiary/aromatic N) is 4. The molecule has 1 N–H and O–H groups in total. The van der Waals surface area contributed by atoms with Crippen LogP contribution in [0.5, 0.6) is 0 Å². The normalized spacial score (nSPS) is 13.6. The van der Waals surface area contributed by atoms with E-state index >= 15 is 0 Å². The Kier molecular flexibility index (Phi) is 6.35. The number of aromatic nitrogens is 3. The number of hydrogen-bond acceptors (Lipinski definition) is 5. The minimum absolute atomic E-state index is 0.171. The molecule has 2 aromatic carbocycles. The molecule has 7 nitrogen and oxygen atoms in total. The summed E-state index contributed by atoms with van der Waals surface area (Å²) in [6.07, 6.45) is 3.61. The molecule has 34 heavy (non-hydrogen) atoms. The van der Waals surface area contributed by atoms with E-state index in [4.69, 9.17) is 9.84 Å². The van der Waals surface area contributed by atoms with E-state index in [0.717, 1.165) is 54.5 Å². The van der Waals surface area contributed by atoms with Gasteiger partial charge in [0.2, 0.25) is 0 Å². The summed E-state index contributed by atoms with van der Waals surface area (Å²) in [4.78, 5) is 20.0. The first-order chi connectivity index (χ1) is 16.7. The van der Waals surface area contributed by atoms with Crippen LogP contribution in [0.15, 0.2) is 79.1 Å². The van der Waals surface area contributed by atoms with Gasteiger partial charge in [-0.25, -0.2) is 9.67 Å². The van der Waals surface area contributed by atoms with Crippen molar-refractivity contribution in [1.29, 1.82) is 0 Å². The number of carbonyl (C=O) groups excluding carboxylic acids is 1. The number of pyridine rings is 1. The van der Waals surface area contributed by atoms with Gasteiger partial charge in [0.15, 0.2) is 0 Å². The number of rotatable bonds is 6. The van der Waals surface area contributed by atoms with Crippen molar-refractivity contribution in [2.24, 2.45) is 0 Å². The maximum absolute atomic E-state index is 13.2. The predicted octanol–water partition coefficient (Wildman–Crippen LogP) is 4.01. The zero-order chi connectivity index (χ0) is 23.3. The van der Waals surface area contributed by atoms with E-state index in [1.54, 1.807) is 10.9 Å². The van der Waals surface area contributed by atoms with Crippen molar-refractivity contribution in [3.05, 3.63) is 95.8 Å². The zero-order valence-corrected chi connectivity index (χ0v) is 19.1. The van der Waals surface area contributed by atoms with Crippen molar-refractivity contribution in [2.75, 3.05) is 31.2 Å². The van der Waals surface area contributed by atoms with Gasteiger partial charge < -0.3 is 15.0 Å². The van der Waals surface area contributed by atoms with Gasteiger partial charge in [-0.05, 0) is 30.7 Å². The lowest BCUT2D eigenvalue weighted by Crippen LogP contribution is -2.36. The molecule has 0 unspecified atom stereocenters. The Bertz CT molecular complexity index is 1240. The highest BCUT2D eigenvalue weighted by Gasteiger charge is 2.19. The first-order valence-electron chi connectivity index (χ1n) is 11.5. The van der Waals surface area contributed by atoms with E-state index in [1.807, 2.05) is 79.9 Å². The van der Waals surface area contributed by atoms with Gasteiger partial charge in [0.05, 0.1) is 24.5 Å². The summed E-state index contributed by atoms with van der Waals surface area (Å²) in [5, 5.41) is 7.78. The Morgan fingerprint density at radius 1 is 1.00 bits per heavy atom. The Balaban J connectivity index is 1.35. The topological polar surface area (TPSA) is 72.3 Å². The lowest BCUT2D eigenvalue weighted by molar-refractivity contribution is 0.0951. The van der Waals surface area contributed by atoms with E-state index in [9.17, 15) is 4.79 Å². The van der Waals surface area contributed by atoms with Crippen LogP contribution in [-0.4, -0.2) is 47.0 Å². The summed E-state index contributed by atoms with van der Waals surface area (Å²) in [6.45, 7) is 5.56. The van der Waals surface area contributed by atoms with Crippen LogP contribution >= 0.6 is 0 Å². The van der Waals surface area contributed by atoms with Crippen molar-refractivity contribution in [3.8, 4) is 16.9 Å². The summed E-state index contributed by atoms with van der Waals surface area (Å²) >= 11 is 0. The van der Waals surface area contributed by atoms with E-state index in [2.05, 4.69) is 15.2 Å². The molecule has 3 heterocycles. The third kappa shape index (κ3) is 4.84. The summed E-state index contributed by atoms with van der Waals surface area (Å²) in [6, 6.07) is 21.9. The minimum Gasteiger partial charge on any atom is -0.378 e. The smallest absolute Gasteiger partial charge is 0.255 e. The summed E-state index contributed by atoms with van der Waals surface area (Å²) in [5.74, 6) is 0.763. The molecule has 4 aromatic rings. The molecule has 0 saturated carbocycles. The van der Waals surface area contributed by atoms with Crippen LogP contribution in [-0.2, 0) is 11.3 Å². The molecule has 5 rings (SSSR count). The number of amides is 1. The van der Waals surface area contributed by atoms with Crippen LogP contribution < -0.4 is 10.2 Å². The molecule has 0 aliphatic carbocycles. The molecule has 2 aromatic heterocycles. The van der Waals surface area contributed by atoms with Crippen molar-refractivity contribution in [1.82, 2.24) is 20.1 Å². The third-order valence-corrected chi connectivity index (χ3v) is 5.90. The van der Waals surface area contributed by atoms with Crippen molar-refractivity contribution < 1.29 is 9.53 Å². The maximum Gasteiger partial charge on any atom is 0.255 e. The van der Waals surface area contributed by atoms with Crippen molar-refractivity contribution >= 4 is 11.7 Å². The van der Waals surface area contributed by atoms with Gasteiger partial charge in [-0.1, -0.05) is 54.1 Å². The Labute approximate surface area is 199 Å². The van der Waals surface area contributed by atoms with Gasteiger partial charge in [0, 0.05) is 37.6 Å². The molecule has 0 radical (unpaired) electrons. The van der Waals surface area contributed by atoms with E-state index in [-0.39, 0.29) is 5.91 Å². The van der Waals surface area contributed by atoms with Gasteiger partial charge in [-0.3, -0.25) is 4.79 Å². The quantitative estimate of drug-likeness (QED) is 0.478. The average Bonchev–Trinajstić information content (AvgIpc) is 3.35. The van der Waals surface area contributed by atoms with E-state index in [1.165, 1.54) is 0 Å². The number of carbonyl (C=O) groups is 1. The van der Waals surface area contributed by atoms with Crippen LogP contribution in [0.4, 0.5) is 5.82 Å². The van der Waals surface area contributed by atoms with Crippen LogP contribution in [0, 0.1) is 6.92 Å².